The summed E-state index contributed by atoms with van der Waals surface area (Å²) in [5.74, 6) is 2.51. The molecule has 24 heavy (non-hydrogen) atoms. The molecule has 0 saturated carbocycles. The number of unbranched alkanes of at least 4 members (excludes halogenated alkanes) is 1. The summed E-state index contributed by atoms with van der Waals surface area (Å²) in [5, 5.41) is 0. The fourth-order valence-electron chi connectivity index (χ4n) is 3.38. The maximum Gasteiger partial charge on any atom is 0.161 e. The van der Waals surface area contributed by atoms with Gasteiger partial charge in [0, 0.05) is 13.1 Å². The summed E-state index contributed by atoms with van der Waals surface area (Å²) in [5.41, 5.74) is 0. The molecule has 4 nitrogen and oxygen atoms in total. The summed E-state index contributed by atoms with van der Waals surface area (Å²) in [6.45, 7) is 8.87. The largest absolute Gasteiger partial charge is 0.493 e. The number of methoxy groups -OCH3 is 1. The lowest BCUT2D eigenvalue weighted by atomic mass is 9.96. The second-order valence-electron chi connectivity index (χ2n) is 6.90. The lowest BCUT2D eigenvalue weighted by molar-refractivity contribution is 0.134. The summed E-state index contributed by atoms with van der Waals surface area (Å²) in [4.78, 5) is 5.03. The zero-order chi connectivity index (χ0) is 17.2. The highest BCUT2D eigenvalue weighted by Crippen LogP contribution is 2.25. The minimum absolute atomic E-state index is 0.724. The molecule has 1 aromatic rings. The van der Waals surface area contributed by atoms with E-state index in [9.17, 15) is 0 Å². The Bertz CT molecular complexity index is 459. The van der Waals surface area contributed by atoms with Gasteiger partial charge in [0.1, 0.15) is 6.61 Å². The van der Waals surface area contributed by atoms with Gasteiger partial charge in [0.05, 0.1) is 7.11 Å². The van der Waals surface area contributed by atoms with Crippen molar-refractivity contribution in [3.05, 3.63) is 24.3 Å². The smallest absolute Gasteiger partial charge is 0.161 e. The van der Waals surface area contributed by atoms with Crippen LogP contribution in [0.2, 0.25) is 0 Å². The molecule has 0 atom stereocenters. The van der Waals surface area contributed by atoms with E-state index in [-0.39, 0.29) is 0 Å². The standard InChI is InChI=1S/C20H34N2O2/c1-4-5-12-21(2)17-18-10-13-22(14-11-18)15-16-24-20-9-7-6-8-19(20)23-3/h6-9,18H,4-5,10-17H2,1-3H3. The van der Waals surface area contributed by atoms with Gasteiger partial charge in [-0.1, -0.05) is 25.5 Å². The molecule has 4 heteroatoms. The van der Waals surface area contributed by atoms with Gasteiger partial charge in [-0.15, -0.1) is 0 Å². The first kappa shape index (κ1) is 19.1. The highest BCUT2D eigenvalue weighted by Gasteiger charge is 2.20. The molecule has 0 spiro atoms. The van der Waals surface area contributed by atoms with Gasteiger partial charge >= 0.3 is 0 Å². The third-order valence-electron chi connectivity index (χ3n) is 4.90. The van der Waals surface area contributed by atoms with Crippen LogP contribution in [-0.4, -0.2) is 63.3 Å². The van der Waals surface area contributed by atoms with E-state index in [4.69, 9.17) is 9.47 Å². The second-order valence-corrected chi connectivity index (χ2v) is 6.90. The van der Waals surface area contributed by atoms with E-state index in [0.717, 1.165) is 30.6 Å². The van der Waals surface area contributed by atoms with Crippen LogP contribution in [0.3, 0.4) is 0 Å². The van der Waals surface area contributed by atoms with Gasteiger partial charge in [-0.25, -0.2) is 0 Å². The van der Waals surface area contributed by atoms with Crippen molar-refractivity contribution in [3.8, 4) is 11.5 Å². The van der Waals surface area contributed by atoms with Crippen LogP contribution in [0.15, 0.2) is 24.3 Å². The van der Waals surface area contributed by atoms with Crippen LogP contribution in [-0.2, 0) is 0 Å². The molecule has 0 bridgehead atoms. The number of para-hydroxylation sites is 2. The zero-order valence-corrected chi connectivity index (χ0v) is 15.7. The number of ether oxygens (including phenoxy) is 2. The molecule has 0 aliphatic carbocycles. The van der Waals surface area contributed by atoms with Crippen LogP contribution in [0.25, 0.3) is 0 Å². The van der Waals surface area contributed by atoms with Crippen molar-refractivity contribution in [3.63, 3.8) is 0 Å². The normalized spacial score (nSPS) is 16.5. The molecule has 0 N–H and O–H groups in total. The van der Waals surface area contributed by atoms with Gasteiger partial charge in [0.25, 0.3) is 0 Å². The van der Waals surface area contributed by atoms with Gasteiger partial charge in [-0.2, -0.15) is 0 Å². The zero-order valence-electron chi connectivity index (χ0n) is 15.7. The van der Waals surface area contributed by atoms with Gasteiger partial charge in [-0.05, 0) is 64.0 Å². The minimum atomic E-state index is 0.724. The lowest BCUT2D eigenvalue weighted by Crippen LogP contribution is -2.39. The van der Waals surface area contributed by atoms with Gasteiger partial charge in [0.15, 0.2) is 11.5 Å². The predicted octanol–water partition coefficient (Wildman–Crippen LogP) is 3.52. The molecule has 0 aromatic heterocycles. The van der Waals surface area contributed by atoms with E-state index in [2.05, 4.69) is 23.8 Å². The molecule has 1 heterocycles. The molecule has 0 unspecified atom stereocenters. The summed E-state index contributed by atoms with van der Waals surface area (Å²) in [6, 6.07) is 7.86. The van der Waals surface area contributed by atoms with Gasteiger partial charge in [0.2, 0.25) is 0 Å². The van der Waals surface area contributed by atoms with Crippen molar-refractivity contribution < 1.29 is 9.47 Å². The molecule has 0 amide bonds. The van der Waals surface area contributed by atoms with E-state index in [1.807, 2.05) is 24.3 Å². The Labute approximate surface area is 147 Å². The van der Waals surface area contributed by atoms with Gasteiger partial charge in [-0.3, -0.25) is 4.90 Å². The number of rotatable bonds is 10. The molecule has 1 saturated heterocycles. The first-order chi connectivity index (χ1) is 11.7. The van der Waals surface area contributed by atoms with E-state index in [0.29, 0.717) is 0 Å². The van der Waals surface area contributed by atoms with Crippen LogP contribution in [0, 0.1) is 5.92 Å². The fraction of sp³-hybridized carbons (Fsp3) is 0.700. The summed E-state index contributed by atoms with van der Waals surface area (Å²) < 4.78 is 11.2. The van der Waals surface area contributed by atoms with Crippen molar-refractivity contribution >= 4 is 0 Å². The average molecular weight is 335 g/mol. The summed E-state index contributed by atoms with van der Waals surface area (Å²) in [7, 11) is 3.95. The van der Waals surface area contributed by atoms with Crippen LogP contribution >= 0.6 is 0 Å². The van der Waals surface area contributed by atoms with E-state index >= 15 is 0 Å². The van der Waals surface area contributed by atoms with E-state index in [1.165, 1.54) is 51.9 Å². The third-order valence-corrected chi connectivity index (χ3v) is 4.90. The first-order valence-electron chi connectivity index (χ1n) is 9.39. The Balaban J connectivity index is 1.63. The van der Waals surface area contributed by atoms with Crippen LogP contribution < -0.4 is 9.47 Å². The van der Waals surface area contributed by atoms with Crippen molar-refractivity contribution in [2.24, 2.45) is 5.92 Å². The predicted molar refractivity (Wildman–Crippen MR) is 100 cm³/mol. The Kier molecular flexibility index (Phi) is 8.40. The maximum atomic E-state index is 5.89. The maximum absolute atomic E-state index is 5.89. The molecule has 0 radical (unpaired) electrons. The summed E-state index contributed by atoms with van der Waals surface area (Å²) in [6.07, 6.45) is 5.22. The molecule has 1 fully saturated rings. The number of nitrogens with zero attached hydrogens (tertiary/aromatic N) is 2. The Morgan fingerprint density at radius 3 is 2.54 bits per heavy atom. The molecular formula is C20H34N2O2. The third kappa shape index (κ3) is 6.33. The lowest BCUT2D eigenvalue weighted by Gasteiger charge is -2.33. The quantitative estimate of drug-likeness (QED) is 0.654. The molecule has 1 aliphatic rings. The van der Waals surface area contributed by atoms with Crippen molar-refractivity contribution in [1.82, 2.24) is 9.80 Å². The minimum Gasteiger partial charge on any atom is -0.493 e. The summed E-state index contributed by atoms with van der Waals surface area (Å²) >= 11 is 0. The SMILES string of the molecule is CCCCN(C)CC1CCN(CCOc2ccccc2OC)CC1. The Hall–Kier alpha value is -1.26. The molecule has 1 aromatic carbocycles. The van der Waals surface area contributed by atoms with Crippen molar-refractivity contribution in [1.29, 1.82) is 0 Å². The topological polar surface area (TPSA) is 24.9 Å². The van der Waals surface area contributed by atoms with Gasteiger partial charge < -0.3 is 14.4 Å². The average Bonchev–Trinajstić information content (AvgIpc) is 2.62. The molecule has 136 valence electrons. The van der Waals surface area contributed by atoms with E-state index in [1.54, 1.807) is 7.11 Å². The fourth-order valence-corrected chi connectivity index (χ4v) is 3.38. The number of hydrogen-bond acceptors (Lipinski definition) is 4. The molecular weight excluding hydrogens is 300 g/mol. The van der Waals surface area contributed by atoms with Crippen LogP contribution in [0.1, 0.15) is 32.6 Å². The van der Waals surface area contributed by atoms with Crippen molar-refractivity contribution in [2.45, 2.75) is 32.6 Å². The monoisotopic (exact) mass is 334 g/mol. The van der Waals surface area contributed by atoms with Crippen LogP contribution in [0.4, 0.5) is 0 Å². The van der Waals surface area contributed by atoms with Crippen molar-refractivity contribution in [2.75, 3.05) is 53.5 Å². The molecule has 1 aliphatic heterocycles. The van der Waals surface area contributed by atoms with E-state index < -0.39 is 0 Å². The highest BCUT2D eigenvalue weighted by molar-refractivity contribution is 5.39. The highest BCUT2D eigenvalue weighted by atomic mass is 16.5. The number of likely N-dealkylation sites (tertiary alicyclic amines) is 1. The first-order valence-corrected chi connectivity index (χ1v) is 9.39. The number of hydrogen-bond donors (Lipinski definition) is 0. The van der Waals surface area contributed by atoms with Crippen LogP contribution in [0.5, 0.6) is 11.5 Å². The number of benzene rings is 1. The number of piperidine rings is 1. The molecule has 2 rings (SSSR count). The Morgan fingerprint density at radius 1 is 1.17 bits per heavy atom. The Morgan fingerprint density at radius 2 is 1.88 bits per heavy atom. The second kappa shape index (κ2) is 10.6.